The summed E-state index contributed by atoms with van der Waals surface area (Å²) < 4.78 is 5.86. The van der Waals surface area contributed by atoms with Crippen molar-refractivity contribution in [2.45, 2.75) is 31.5 Å². The van der Waals surface area contributed by atoms with E-state index >= 15 is 0 Å². The number of Topliss-reactive ketones (excluding diaryl/α,β-unsaturated/α-hetero) is 1. The highest BCUT2D eigenvalue weighted by Crippen LogP contribution is 2.42. The molecule has 1 saturated heterocycles. The largest absolute Gasteiger partial charge is 0.445 e. The Morgan fingerprint density at radius 3 is 1.68 bits per heavy atom. The van der Waals surface area contributed by atoms with Gasteiger partial charge in [0.25, 0.3) is 0 Å². The molecule has 5 aromatic rings. The number of benzene rings is 5. The Morgan fingerprint density at radius 1 is 0.649 bits per heavy atom. The summed E-state index contributed by atoms with van der Waals surface area (Å²) in [6.45, 7) is 0.180. The van der Waals surface area contributed by atoms with Crippen LogP contribution in [-0.4, -0.2) is 16.8 Å². The quantitative estimate of drug-likeness (QED) is 0.261. The number of likely N-dealkylation sites (tertiary alicyclic amines) is 1. The minimum Gasteiger partial charge on any atom is -0.445 e. The van der Waals surface area contributed by atoms with Crippen LogP contribution in [0.5, 0.6) is 0 Å². The predicted octanol–water partition coefficient (Wildman–Crippen LogP) is 7.78. The van der Waals surface area contributed by atoms with Crippen LogP contribution in [0.1, 0.15) is 41.6 Å². The highest BCUT2D eigenvalue weighted by molar-refractivity contribution is 5.87. The maximum atomic E-state index is 13.8. The van der Waals surface area contributed by atoms with E-state index < -0.39 is 18.2 Å². The van der Waals surface area contributed by atoms with Crippen LogP contribution in [0.15, 0.2) is 115 Å². The molecule has 1 aliphatic heterocycles. The lowest BCUT2D eigenvalue weighted by atomic mass is 9.86. The monoisotopic (exact) mass is 485 g/mol. The molecule has 4 nitrogen and oxygen atoms in total. The summed E-state index contributed by atoms with van der Waals surface area (Å²) in [5, 5.41) is 4.41. The third kappa shape index (κ3) is 4.70. The molecule has 2 atom stereocenters. The van der Waals surface area contributed by atoms with Crippen molar-refractivity contribution < 1.29 is 14.3 Å². The standard InChI is InChI=1S/C33H27NO3/c35-30-20-31(28-16-14-24-10-4-6-12-26(24)18-28)34(33(36)37-22-23-8-2-1-3-9-23)32(21-30)29-17-15-25-11-5-7-13-27(25)19-29/h1-19,31-32H,20-22H2/t31-,32-/m1/s1. The van der Waals surface area contributed by atoms with Crippen molar-refractivity contribution in [2.24, 2.45) is 0 Å². The molecule has 0 radical (unpaired) electrons. The third-order valence-corrected chi connectivity index (χ3v) is 7.25. The Hall–Kier alpha value is -4.44. The Bertz CT molecular complexity index is 1500. The van der Waals surface area contributed by atoms with Gasteiger partial charge in [-0.05, 0) is 50.4 Å². The number of hydrogen-bond donors (Lipinski definition) is 0. The molecule has 0 spiro atoms. The first kappa shape index (κ1) is 23.0. The number of rotatable bonds is 4. The van der Waals surface area contributed by atoms with E-state index in [2.05, 4.69) is 48.5 Å². The van der Waals surface area contributed by atoms with Crippen molar-refractivity contribution in [3.8, 4) is 0 Å². The van der Waals surface area contributed by atoms with Crippen LogP contribution in [0.25, 0.3) is 21.5 Å². The molecule has 0 aliphatic carbocycles. The summed E-state index contributed by atoms with van der Waals surface area (Å²) in [4.78, 5) is 28.7. The zero-order valence-electron chi connectivity index (χ0n) is 20.4. The zero-order valence-corrected chi connectivity index (χ0v) is 20.4. The van der Waals surface area contributed by atoms with E-state index in [0.29, 0.717) is 0 Å². The van der Waals surface area contributed by atoms with E-state index in [1.54, 1.807) is 4.90 Å². The van der Waals surface area contributed by atoms with Gasteiger partial charge in [0.05, 0.1) is 12.1 Å². The highest BCUT2D eigenvalue weighted by atomic mass is 16.6. The van der Waals surface area contributed by atoms with Crippen molar-refractivity contribution in [3.63, 3.8) is 0 Å². The van der Waals surface area contributed by atoms with Gasteiger partial charge < -0.3 is 4.74 Å². The van der Waals surface area contributed by atoms with Gasteiger partial charge in [-0.1, -0.05) is 103 Å². The number of amides is 1. The number of piperidine rings is 1. The lowest BCUT2D eigenvalue weighted by Crippen LogP contribution is -2.43. The summed E-state index contributed by atoms with van der Waals surface area (Å²) >= 11 is 0. The van der Waals surface area contributed by atoms with Crippen LogP contribution in [0.2, 0.25) is 0 Å². The van der Waals surface area contributed by atoms with Gasteiger partial charge in [-0.2, -0.15) is 0 Å². The van der Waals surface area contributed by atoms with Crippen molar-refractivity contribution in [1.29, 1.82) is 0 Å². The van der Waals surface area contributed by atoms with Crippen LogP contribution in [0.3, 0.4) is 0 Å². The first-order chi connectivity index (χ1) is 18.2. The van der Waals surface area contributed by atoms with Crippen LogP contribution < -0.4 is 0 Å². The number of fused-ring (bicyclic) bond motifs is 2. The Balaban J connectivity index is 1.41. The van der Waals surface area contributed by atoms with Gasteiger partial charge in [-0.15, -0.1) is 0 Å². The Labute approximate surface area is 216 Å². The molecule has 6 rings (SSSR count). The fraction of sp³-hybridized carbons (Fsp3) is 0.152. The number of carbonyl (C=O) groups excluding carboxylic acids is 2. The molecular formula is C33H27NO3. The van der Waals surface area contributed by atoms with Gasteiger partial charge in [0.15, 0.2) is 0 Å². The van der Waals surface area contributed by atoms with Gasteiger partial charge in [0.2, 0.25) is 0 Å². The molecule has 0 N–H and O–H groups in total. The van der Waals surface area contributed by atoms with Crippen molar-refractivity contribution in [3.05, 3.63) is 132 Å². The maximum Gasteiger partial charge on any atom is 0.411 e. The van der Waals surface area contributed by atoms with E-state index in [9.17, 15) is 9.59 Å². The van der Waals surface area contributed by atoms with Gasteiger partial charge >= 0.3 is 6.09 Å². The van der Waals surface area contributed by atoms with E-state index in [0.717, 1.165) is 38.2 Å². The predicted molar refractivity (Wildman–Crippen MR) is 146 cm³/mol. The lowest BCUT2D eigenvalue weighted by molar-refractivity contribution is -0.125. The molecule has 0 aromatic heterocycles. The van der Waals surface area contributed by atoms with E-state index in [-0.39, 0.29) is 25.2 Å². The topological polar surface area (TPSA) is 46.6 Å². The van der Waals surface area contributed by atoms with E-state index in [4.69, 9.17) is 4.74 Å². The van der Waals surface area contributed by atoms with Crippen LogP contribution in [0, 0.1) is 0 Å². The van der Waals surface area contributed by atoms with E-state index in [1.165, 1.54) is 0 Å². The molecule has 0 saturated carbocycles. The number of carbonyl (C=O) groups is 2. The SMILES string of the molecule is O=C1C[C@H](c2ccc3ccccc3c2)N(C(=O)OCc2ccccc2)[C@@H](c2ccc3ccccc3c2)C1. The molecular weight excluding hydrogens is 458 g/mol. The van der Waals surface area contributed by atoms with Gasteiger partial charge in [0.1, 0.15) is 12.4 Å². The molecule has 5 aromatic carbocycles. The average Bonchev–Trinajstić information content (AvgIpc) is 2.95. The van der Waals surface area contributed by atoms with Gasteiger partial charge in [-0.25, -0.2) is 4.79 Å². The Kier molecular flexibility index (Phi) is 6.15. The molecule has 1 fully saturated rings. The summed E-state index contributed by atoms with van der Waals surface area (Å²) in [5.41, 5.74) is 2.80. The van der Waals surface area contributed by atoms with Crippen LogP contribution >= 0.6 is 0 Å². The Morgan fingerprint density at radius 2 is 1.14 bits per heavy atom. The first-order valence-electron chi connectivity index (χ1n) is 12.6. The van der Waals surface area contributed by atoms with Crippen molar-refractivity contribution in [1.82, 2.24) is 4.90 Å². The molecule has 0 bridgehead atoms. The average molecular weight is 486 g/mol. The minimum atomic E-state index is -0.411. The first-order valence-corrected chi connectivity index (χ1v) is 12.6. The molecule has 182 valence electrons. The fourth-order valence-corrected chi connectivity index (χ4v) is 5.36. The minimum absolute atomic E-state index is 0.142. The lowest BCUT2D eigenvalue weighted by Gasteiger charge is -2.41. The zero-order chi connectivity index (χ0) is 25.2. The van der Waals surface area contributed by atoms with Crippen molar-refractivity contribution in [2.75, 3.05) is 0 Å². The highest BCUT2D eigenvalue weighted by Gasteiger charge is 2.40. The van der Waals surface area contributed by atoms with Gasteiger partial charge in [0, 0.05) is 12.8 Å². The second-order valence-electron chi connectivity index (χ2n) is 9.64. The second-order valence-corrected chi connectivity index (χ2v) is 9.64. The molecule has 1 aliphatic rings. The number of nitrogens with zero attached hydrogens (tertiary/aromatic N) is 1. The smallest absolute Gasteiger partial charge is 0.411 e. The fourth-order valence-electron chi connectivity index (χ4n) is 5.36. The summed E-state index contributed by atoms with van der Waals surface area (Å²) in [5.74, 6) is 0.142. The third-order valence-electron chi connectivity index (χ3n) is 7.25. The molecule has 1 amide bonds. The second kappa shape index (κ2) is 9.90. The van der Waals surface area contributed by atoms with Gasteiger partial charge in [-0.3, -0.25) is 9.69 Å². The maximum absolute atomic E-state index is 13.8. The van der Waals surface area contributed by atoms with Crippen LogP contribution in [0.4, 0.5) is 4.79 Å². The van der Waals surface area contributed by atoms with Crippen LogP contribution in [-0.2, 0) is 16.1 Å². The summed E-state index contributed by atoms with van der Waals surface area (Å²) in [6.07, 6.45) is 0.124. The van der Waals surface area contributed by atoms with E-state index in [1.807, 2.05) is 66.7 Å². The normalized spacial score (nSPS) is 17.7. The number of ketones is 1. The summed E-state index contributed by atoms with van der Waals surface area (Å²) in [6, 6.07) is 37.5. The molecule has 4 heteroatoms. The number of ether oxygens (including phenoxy) is 1. The number of hydrogen-bond acceptors (Lipinski definition) is 3. The molecule has 1 heterocycles. The molecule has 37 heavy (non-hydrogen) atoms. The summed E-state index contributed by atoms with van der Waals surface area (Å²) in [7, 11) is 0. The van der Waals surface area contributed by atoms with Crippen molar-refractivity contribution >= 4 is 33.4 Å². The molecule has 0 unspecified atom stereocenters.